The van der Waals surface area contributed by atoms with Crippen LogP contribution in [-0.4, -0.2) is 80.9 Å². The van der Waals surface area contributed by atoms with Crippen molar-refractivity contribution in [3.05, 3.63) is 71.8 Å². The van der Waals surface area contributed by atoms with Crippen LogP contribution in [0.3, 0.4) is 0 Å². The monoisotopic (exact) mass is 532 g/mol. The molecule has 0 bridgehead atoms. The maximum atomic E-state index is 12.8. The number of benzene rings is 2. The van der Waals surface area contributed by atoms with Crippen molar-refractivity contribution in [2.45, 2.75) is 62.7 Å². The van der Waals surface area contributed by atoms with Gasteiger partial charge in [0.1, 0.15) is 24.4 Å². The Hall–Kier alpha value is -3.84. The quantitative estimate of drug-likeness (QED) is 0.261. The van der Waals surface area contributed by atoms with Gasteiger partial charge in [-0.05, 0) is 0 Å². The number of carbonyl (C=O) groups is 4. The van der Waals surface area contributed by atoms with Gasteiger partial charge in [-0.15, -0.1) is 0 Å². The van der Waals surface area contributed by atoms with E-state index in [1.165, 1.54) is 24.3 Å². The number of esters is 4. The maximum Gasteiger partial charge on any atom is 0.352 e. The molecule has 0 aliphatic heterocycles. The molecule has 0 amide bonds. The van der Waals surface area contributed by atoms with Gasteiger partial charge in [0.2, 0.25) is 12.2 Å². The van der Waals surface area contributed by atoms with E-state index in [9.17, 15) is 39.6 Å². The Morgan fingerprint density at radius 2 is 0.868 bits per heavy atom. The van der Waals surface area contributed by atoms with Crippen molar-refractivity contribution in [1.82, 2.24) is 0 Å². The normalized spacial score (nSPS) is 26.4. The molecule has 2 unspecified atom stereocenters. The zero-order valence-corrected chi connectivity index (χ0v) is 20.4. The Kier molecular flexibility index (Phi) is 9.53. The second kappa shape index (κ2) is 12.6. The molecule has 38 heavy (non-hydrogen) atoms. The topological polar surface area (TPSA) is 186 Å². The summed E-state index contributed by atoms with van der Waals surface area (Å²) in [4.78, 5) is 48.8. The Morgan fingerprint density at radius 3 is 1.13 bits per heavy atom. The van der Waals surface area contributed by atoms with Gasteiger partial charge in [-0.1, -0.05) is 60.7 Å². The largest absolute Gasteiger partial charge is 0.454 e. The molecular formula is C26H28O12. The fourth-order valence-electron chi connectivity index (χ4n) is 3.94. The molecule has 204 valence electrons. The van der Waals surface area contributed by atoms with Crippen LogP contribution in [-0.2, 0) is 38.1 Å². The molecule has 8 atom stereocenters. The SMILES string of the molecule is CC(=O)O[C@H](C(=O)OC1[C@@H](O)[C@H](O)C(OC(=O)[C@@H](OC(C)=O)c2ccccc2)[C@H](O)[C@@H]1O)c1ccccc1. The summed E-state index contributed by atoms with van der Waals surface area (Å²) in [6.07, 6.45) is -15.0. The Bertz CT molecular complexity index is 1020. The number of hydrogen-bond acceptors (Lipinski definition) is 12. The highest BCUT2D eigenvalue weighted by Gasteiger charge is 2.53. The zero-order chi connectivity index (χ0) is 28.0. The van der Waals surface area contributed by atoms with Crippen molar-refractivity contribution in [2.75, 3.05) is 0 Å². The summed E-state index contributed by atoms with van der Waals surface area (Å²) in [6, 6.07) is 15.5. The smallest absolute Gasteiger partial charge is 0.352 e. The maximum absolute atomic E-state index is 12.8. The summed E-state index contributed by atoms with van der Waals surface area (Å²) in [5.41, 5.74) is 0.468. The molecule has 1 fully saturated rings. The molecule has 12 nitrogen and oxygen atoms in total. The van der Waals surface area contributed by atoms with Crippen LogP contribution in [0.4, 0.5) is 0 Å². The van der Waals surface area contributed by atoms with Crippen molar-refractivity contribution < 1.29 is 58.6 Å². The van der Waals surface area contributed by atoms with E-state index in [0.717, 1.165) is 13.8 Å². The lowest BCUT2D eigenvalue weighted by Gasteiger charge is -2.43. The summed E-state index contributed by atoms with van der Waals surface area (Å²) >= 11 is 0. The van der Waals surface area contributed by atoms with Crippen LogP contribution in [0.5, 0.6) is 0 Å². The minimum Gasteiger partial charge on any atom is -0.454 e. The fourth-order valence-corrected chi connectivity index (χ4v) is 3.94. The van der Waals surface area contributed by atoms with E-state index >= 15 is 0 Å². The third-order valence-electron chi connectivity index (χ3n) is 5.75. The summed E-state index contributed by atoms with van der Waals surface area (Å²) in [5, 5.41) is 42.4. The van der Waals surface area contributed by atoms with Crippen LogP contribution >= 0.6 is 0 Å². The molecule has 1 aliphatic rings. The van der Waals surface area contributed by atoms with E-state index in [1.807, 2.05) is 0 Å². The lowest BCUT2D eigenvalue weighted by atomic mass is 9.84. The van der Waals surface area contributed by atoms with Crippen LogP contribution in [0.15, 0.2) is 60.7 Å². The van der Waals surface area contributed by atoms with Gasteiger partial charge in [-0.2, -0.15) is 0 Å². The van der Waals surface area contributed by atoms with Crippen LogP contribution in [0.1, 0.15) is 37.2 Å². The highest BCUT2D eigenvalue weighted by atomic mass is 16.6. The molecule has 0 spiro atoms. The first kappa shape index (κ1) is 28.7. The zero-order valence-electron chi connectivity index (χ0n) is 20.4. The molecule has 0 heterocycles. The minimum atomic E-state index is -2.03. The third-order valence-corrected chi connectivity index (χ3v) is 5.75. The molecule has 2 aromatic rings. The van der Waals surface area contributed by atoms with Crippen molar-refractivity contribution >= 4 is 23.9 Å². The number of carbonyl (C=O) groups excluding carboxylic acids is 4. The second-order valence-electron chi connectivity index (χ2n) is 8.57. The minimum absolute atomic E-state index is 0.234. The van der Waals surface area contributed by atoms with E-state index in [1.54, 1.807) is 36.4 Å². The average molecular weight is 532 g/mol. The molecular weight excluding hydrogens is 504 g/mol. The predicted molar refractivity (Wildman–Crippen MR) is 126 cm³/mol. The molecule has 0 radical (unpaired) electrons. The summed E-state index contributed by atoms with van der Waals surface area (Å²) in [6.45, 7) is 2.14. The van der Waals surface area contributed by atoms with E-state index < -0.39 is 72.7 Å². The van der Waals surface area contributed by atoms with Gasteiger partial charge in [-0.25, -0.2) is 9.59 Å². The molecule has 0 aromatic heterocycles. The fraction of sp³-hybridized carbons (Fsp3) is 0.385. The summed E-state index contributed by atoms with van der Waals surface area (Å²) in [7, 11) is 0. The van der Waals surface area contributed by atoms with Crippen LogP contribution in [0, 0.1) is 0 Å². The number of rotatable bonds is 8. The van der Waals surface area contributed by atoms with Crippen LogP contribution < -0.4 is 0 Å². The highest BCUT2D eigenvalue weighted by molar-refractivity contribution is 5.81. The third kappa shape index (κ3) is 6.72. The van der Waals surface area contributed by atoms with E-state index in [4.69, 9.17) is 18.9 Å². The van der Waals surface area contributed by atoms with Gasteiger partial charge in [0, 0.05) is 25.0 Å². The van der Waals surface area contributed by atoms with Crippen LogP contribution in [0.25, 0.3) is 0 Å². The Balaban J connectivity index is 1.77. The van der Waals surface area contributed by atoms with Gasteiger partial charge >= 0.3 is 23.9 Å². The van der Waals surface area contributed by atoms with Crippen LogP contribution in [0.2, 0.25) is 0 Å². The molecule has 4 N–H and O–H groups in total. The molecule has 12 heteroatoms. The number of ether oxygens (including phenoxy) is 4. The number of hydrogen-bond donors (Lipinski definition) is 4. The van der Waals surface area contributed by atoms with Gasteiger partial charge in [0.25, 0.3) is 0 Å². The Morgan fingerprint density at radius 1 is 0.579 bits per heavy atom. The van der Waals surface area contributed by atoms with E-state index in [0.29, 0.717) is 0 Å². The lowest BCUT2D eigenvalue weighted by molar-refractivity contribution is -0.246. The van der Waals surface area contributed by atoms with Gasteiger partial charge in [0.15, 0.2) is 12.2 Å². The summed E-state index contributed by atoms with van der Waals surface area (Å²) in [5.74, 6) is -4.01. The predicted octanol–water partition coefficient (Wildman–Crippen LogP) is -0.124. The molecule has 0 saturated heterocycles. The van der Waals surface area contributed by atoms with Gasteiger partial charge in [-0.3, -0.25) is 9.59 Å². The molecule has 1 aliphatic carbocycles. The van der Waals surface area contributed by atoms with E-state index in [-0.39, 0.29) is 11.1 Å². The average Bonchev–Trinajstić information content (AvgIpc) is 2.90. The standard InChI is InChI=1S/C26H28O12/c1-13(27)35-21(15-9-5-3-6-10-15)25(33)37-23-17(29)19(31)24(20(32)18(23)30)38-26(34)22(36-14(2)28)16-11-7-4-8-12-16/h3-12,17-24,29-32H,1-2H3/t17-,18-,19-,20+,21-,22-,23?,24?/m0/s1. The Labute approximate surface area is 217 Å². The van der Waals surface area contributed by atoms with Gasteiger partial charge in [0.05, 0.1) is 0 Å². The molecule has 1 saturated carbocycles. The van der Waals surface area contributed by atoms with Crippen molar-refractivity contribution in [3.8, 4) is 0 Å². The first-order valence-electron chi connectivity index (χ1n) is 11.6. The van der Waals surface area contributed by atoms with E-state index in [2.05, 4.69) is 0 Å². The number of aliphatic hydroxyl groups is 4. The van der Waals surface area contributed by atoms with Crippen molar-refractivity contribution in [3.63, 3.8) is 0 Å². The number of aliphatic hydroxyl groups excluding tert-OH is 4. The molecule has 3 rings (SSSR count). The first-order valence-corrected chi connectivity index (χ1v) is 11.6. The second-order valence-corrected chi connectivity index (χ2v) is 8.57. The highest BCUT2D eigenvalue weighted by Crippen LogP contribution is 2.30. The lowest BCUT2D eigenvalue weighted by Crippen LogP contribution is -2.65. The first-order chi connectivity index (χ1) is 18.0. The van der Waals surface area contributed by atoms with Crippen molar-refractivity contribution in [1.29, 1.82) is 0 Å². The molecule has 2 aromatic carbocycles. The summed E-state index contributed by atoms with van der Waals surface area (Å²) < 4.78 is 20.4. The van der Waals surface area contributed by atoms with Gasteiger partial charge < -0.3 is 39.4 Å². The van der Waals surface area contributed by atoms with Crippen molar-refractivity contribution in [2.24, 2.45) is 0 Å².